The van der Waals surface area contributed by atoms with E-state index in [1.807, 2.05) is 17.9 Å². The number of fused-ring (bicyclic) bond motifs is 3. The van der Waals surface area contributed by atoms with Crippen LogP contribution >= 0.6 is 0 Å². The lowest BCUT2D eigenvalue weighted by molar-refractivity contribution is -0.137. The van der Waals surface area contributed by atoms with Crippen molar-refractivity contribution in [2.24, 2.45) is 16.3 Å². The van der Waals surface area contributed by atoms with Crippen molar-refractivity contribution < 1.29 is 27.6 Å². The molecular formula is C28H34F4N4O2. The molecule has 2 bridgehead atoms. The van der Waals surface area contributed by atoms with Gasteiger partial charge in [0.25, 0.3) is 0 Å². The maximum Gasteiger partial charge on any atom is 0.417 e. The third-order valence-corrected chi connectivity index (χ3v) is 7.86. The van der Waals surface area contributed by atoms with E-state index >= 15 is 0 Å². The minimum atomic E-state index is -4.39. The molecule has 38 heavy (non-hydrogen) atoms. The third kappa shape index (κ3) is 6.34. The summed E-state index contributed by atoms with van der Waals surface area (Å²) in [4.78, 5) is 19.2. The number of aromatic nitrogens is 1. The largest absolute Gasteiger partial charge is 0.417 e. The van der Waals surface area contributed by atoms with Crippen molar-refractivity contribution in [3.8, 4) is 0 Å². The maximum absolute atomic E-state index is 13.1. The summed E-state index contributed by atoms with van der Waals surface area (Å²) >= 11 is 0. The number of pyridine rings is 1. The van der Waals surface area contributed by atoms with E-state index < -0.39 is 11.7 Å². The minimum Gasteiger partial charge on any atom is -0.409 e. The molecule has 1 heterocycles. The number of halogens is 4. The van der Waals surface area contributed by atoms with Crippen molar-refractivity contribution >= 4 is 17.4 Å². The Bertz CT molecular complexity index is 1120. The molecule has 3 N–H and O–H groups in total. The van der Waals surface area contributed by atoms with E-state index in [0.29, 0.717) is 24.2 Å². The van der Waals surface area contributed by atoms with E-state index in [0.717, 1.165) is 62.9 Å². The van der Waals surface area contributed by atoms with Crippen molar-refractivity contribution in [1.29, 1.82) is 0 Å². The van der Waals surface area contributed by atoms with Gasteiger partial charge in [0.2, 0.25) is 5.91 Å². The molecule has 3 fully saturated rings. The average molecular weight is 535 g/mol. The topological polar surface area (TPSA) is 91.8 Å². The molecule has 0 saturated heterocycles. The van der Waals surface area contributed by atoms with Crippen LogP contribution in [0.3, 0.4) is 0 Å². The van der Waals surface area contributed by atoms with Gasteiger partial charge in [0.1, 0.15) is 0 Å². The number of anilines is 1. The van der Waals surface area contributed by atoms with Crippen LogP contribution in [0.2, 0.25) is 0 Å². The average Bonchev–Trinajstić information content (AvgIpc) is 2.92. The Labute approximate surface area is 220 Å². The summed E-state index contributed by atoms with van der Waals surface area (Å²) in [5.41, 5.74) is 6.79. The van der Waals surface area contributed by atoms with Crippen LogP contribution in [0.4, 0.5) is 23.2 Å². The van der Waals surface area contributed by atoms with E-state index in [1.54, 1.807) is 18.2 Å². The zero-order valence-electron chi connectivity index (χ0n) is 21.5. The monoisotopic (exact) mass is 534 g/mol. The van der Waals surface area contributed by atoms with Gasteiger partial charge in [0, 0.05) is 41.5 Å². The van der Waals surface area contributed by atoms with Gasteiger partial charge in [-0.05, 0) is 74.6 Å². The van der Waals surface area contributed by atoms with Crippen molar-refractivity contribution in [1.82, 2.24) is 4.98 Å². The predicted molar refractivity (Wildman–Crippen MR) is 139 cm³/mol. The molecule has 0 unspecified atom stereocenters. The molecule has 0 aliphatic heterocycles. The number of oxime groups is 1. The Kier molecular flexibility index (Phi) is 9.17. The van der Waals surface area contributed by atoms with Gasteiger partial charge in [0.05, 0.1) is 11.9 Å². The number of alkyl halides is 3. The molecule has 3 aliphatic carbocycles. The van der Waals surface area contributed by atoms with Crippen molar-refractivity contribution in [2.45, 2.75) is 69.9 Å². The molecule has 10 heteroatoms. The number of amides is 1. The number of carbonyl (C=O) groups excluding carboxylic acids is 1. The zero-order chi connectivity index (χ0) is 28.0. The van der Waals surface area contributed by atoms with Gasteiger partial charge in [-0.15, -0.1) is 0 Å². The first-order valence-corrected chi connectivity index (χ1v) is 12.7. The normalized spacial score (nSPS) is 22.8. The lowest BCUT2D eigenvalue weighted by Crippen LogP contribution is -2.51. The molecule has 5 rings (SSSR count). The zero-order valence-corrected chi connectivity index (χ0v) is 21.5. The highest BCUT2D eigenvalue weighted by Gasteiger charge is 2.51. The second-order valence-corrected chi connectivity index (χ2v) is 10.1. The van der Waals surface area contributed by atoms with E-state index in [4.69, 9.17) is 10.9 Å². The van der Waals surface area contributed by atoms with Crippen LogP contribution < -0.4 is 10.6 Å². The van der Waals surface area contributed by atoms with Crippen LogP contribution in [-0.4, -0.2) is 28.5 Å². The van der Waals surface area contributed by atoms with E-state index in [-0.39, 0.29) is 28.9 Å². The molecule has 2 aromatic rings. The van der Waals surface area contributed by atoms with E-state index in [2.05, 4.69) is 16.7 Å². The molecule has 1 amide bonds. The highest BCUT2D eigenvalue weighted by molar-refractivity contribution is 5.99. The fourth-order valence-electron chi connectivity index (χ4n) is 5.66. The highest BCUT2D eigenvalue weighted by Crippen LogP contribution is 2.58. The number of nitrogens with two attached hydrogens (primary N) is 1. The number of nitrogens with zero attached hydrogens (tertiary/aromatic N) is 3. The molecule has 3 saturated carbocycles. The molecule has 0 spiro atoms. The fourth-order valence-corrected chi connectivity index (χ4v) is 5.66. The molecule has 0 atom stereocenters. The molecule has 0 radical (unpaired) electrons. The van der Waals surface area contributed by atoms with Crippen LogP contribution in [0.1, 0.15) is 75.1 Å². The highest BCUT2D eigenvalue weighted by atomic mass is 19.4. The second-order valence-electron chi connectivity index (χ2n) is 10.1. The van der Waals surface area contributed by atoms with Crippen molar-refractivity contribution in [3.63, 3.8) is 0 Å². The molecule has 3 aliphatic rings. The molecule has 206 valence electrons. The van der Waals surface area contributed by atoms with Gasteiger partial charge in [-0.3, -0.25) is 9.78 Å². The third-order valence-electron chi connectivity index (χ3n) is 7.86. The van der Waals surface area contributed by atoms with Crippen molar-refractivity contribution in [2.75, 3.05) is 11.4 Å². The quantitative estimate of drug-likeness (QED) is 0.136. The first kappa shape index (κ1) is 29.1. The first-order chi connectivity index (χ1) is 18.0. The standard InChI is InChI=1S/C26H31F3N4O2.C2H3F/c1-2-4-22(34)33(20-6-3-5-18(15-20)23(30)32-35)17-24-9-12-25(13-10-24,14-11-24)21-8-7-19(16-31-21)26(27,28)29;1-2-3/h3,5-8,15-16,35H,2,4,9-14,17H2,1H3,(H2,30,32);2H,1H2. The van der Waals surface area contributed by atoms with Gasteiger partial charge in [0.15, 0.2) is 5.84 Å². The lowest BCUT2D eigenvalue weighted by Gasteiger charge is -2.54. The Morgan fingerprint density at radius 1 is 1.18 bits per heavy atom. The summed E-state index contributed by atoms with van der Waals surface area (Å²) in [6, 6.07) is 9.81. The molecule has 6 nitrogen and oxygen atoms in total. The Balaban J connectivity index is 0.00000127. The van der Waals surface area contributed by atoms with Crippen LogP contribution in [0.15, 0.2) is 60.7 Å². The Morgan fingerprint density at radius 2 is 1.82 bits per heavy atom. The van der Waals surface area contributed by atoms with Crippen LogP contribution in [-0.2, 0) is 16.4 Å². The summed E-state index contributed by atoms with van der Waals surface area (Å²) < 4.78 is 49.0. The minimum absolute atomic E-state index is 0.0166. The summed E-state index contributed by atoms with van der Waals surface area (Å²) in [7, 11) is 0. The number of carbonyl (C=O) groups is 1. The fraction of sp³-hybridized carbons (Fsp3) is 0.464. The summed E-state index contributed by atoms with van der Waals surface area (Å²) in [5.74, 6) is 0.0161. The first-order valence-electron chi connectivity index (χ1n) is 12.7. The van der Waals surface area contributed by atoms with E-state index in [1.165, 1.54) is 6.07 Å². The van der Waals surface area contributed by atoms with Gasteiger partial charge >= 0.3 is 6.18 Å². The van der Waals surface area contributed by atoms with Crippen molar-refractivity contribution in [3.05, 3.63) is 72.3 Å². The molecule has 1 aromatic heterocycles. The summed E-state index contributed by atoms with van der Waals surface area (Å²) in [6.07, 6.45) is 3.11. The predicted octanol–water partition coefficient (Wildman–Crippen LogP) is 6.72. The van der Waals surface area contributed by atoms with E-state index in [9.17, 15) is 22.4 Å². The summed E-state index contributed by atoms with van der Waals surface area (Å²) in [6.45, 7) is 5.23. The molecular weight excluding hydrogens is 500 g/mol. The Hall–Kier alpha value is -3.43. The number of rotatable bonds is 7. The number of hydrogen-bond acceptors (Lipinski definition) is 4. The smallest absolute Gasteiger partial charge is 0.409 e. The lowest BCUT2D eigenvalue weighted by atomic mass is 9.52. The van der Waals surface area contributed by atoms with Gasteiger partial charge in [-0.2, -0.15) is 13.2 Å². The van der Waals surface area contributed by atoms with Crippen LogP contribution in [0.25, 0.3) is 0 Å². The number of amidine groups is 1. The maximum atomic E-state index is 13.1. The summed E-state index contributed by atoms with van der Waals surface area (Å²) in [5, 5.41) is 12.1. The Morgan fingerprint density at radius 3 is 2.32 bits per heavy atom. The van der Waals surface area contributed by atoms with Gasteiger partial charge < -0.3 is 15.8 Å². The SMILES string of the molecule is C=CF.CCCC(=O)N(CC12CCC(c3ccc(C(F)(F)F)cn3)(CC1)CC2)c1cccc(/C(N)=N/O)c1. The van der Waals surface area contributed by atoms with Gasteiger partial charge in [-0.1, -0.05) is 30.8 Å². The number of hydrogen-bond donors (Lipinski definition) is 2. The van der Waals surface area contributed by atoms with Gasteiger partial charge in [-0.25, -0.2) is 4.39 Å². The second kappa shape index (κ2) is 12.0. The molecule has 1 aromatic carbocycles. The number of benzene rings is 1. The van der Waals surface area contributed by atoms with Crippen LogP contribution in [0, 0.1) is 5.41 Å². The van der Waals surface area contributed by atoms with Crippen LogP contribution in [0.5, 0.6) is 0 Å².